The van der Waals surface area contributed by atoms with E-state index >= 15 is 0 Å². The highest BCUT2D eigenvalue weighted by Gasteiger charge is 2.16. The number of benzene rings is 1. The average molecular weight is 298 g/mol. The quantitative estimate of drug-likeness (QED) is 0.819. The van der Waals surface area contributed by atoms with E-state index in [0.717, 1.165) is 28.6 Å². The summed E-state index contributed by atoms with van der Waals surface area (Å²) < 4.78 is 11.2. The van der Waals surface area contributed by atoms with Crippen LogP contribution in [0.15, 0.2) is 12.1 Å². The third kappa shape index (κ3) is 4.03. The summed E-state index contributed by atoms with van der Waals surface area (Å²) in [5, 5.41) is 4.32. The zero-order valence-corrected chi connectivity index (χ0v) is 13.1. The molecule has 0 atom stereocenters. The first-order chi connectivity index (χ1) is 9.74. The van der Waals surface area contributed by atoms with Crippen molar-refractivity contribution in [2.75, 3.05) is 13.2 Å². The lowest BCUT2D eigenvalue weighted by molar-refractivity contribution is 0.287. The lowest BCUT2D eigenvalue weighted by atomic mass is 10.1. The number of ether oxygens (including phenoxy) is 2. The molecule has 1 aliphatic carbocycles. The van der Waals surface area contributed by atoms with Crippen molar-refractivity contribution >= 4 is 11.6 Å². The van der Waals surface area contributed by atoms with Crippen LogP contribution in [-0.2, 0) is 6.54 Å². The molecule has 0 heterocycles. The van der Waals surface area contributed by atoms with E-state index < -0.39 is 0 Å². The molecule has 20 heavy (non-hydrogen) atoms. The van der Waals surface area contributed by atoms with Gasteiger partial charge in [-0.05, 0) is 38.3 Å². The van der Waals surface area contributed by atoms with Gasteiger partial charge < -0.3 is 14.8 Å². The van der Waals surface area contributed by atoms with Gasteiger partial charge in [0, 0.05) is 23.7 Å². The van der Waals surface area contributed by atoms with Crippen molar-refractivity contribution in [3.05, 3.63) is 22.7 Å². The molecule has 4 heteroatoms. The standard InChI is InChI=1S/C16H24ClNO2/c1-3-19-15-9-12(11-18-13-7-5-6-8-13)14(17)10-16(15)20-4-2/h9-10,13,18H,3-8,11H2,1-2H3. The molecule has 1 aromatic carbocycles. The Bertz CT molecular complexity index is 431. The molecule has 0 saturated heterocycles. The molecular formula is C16H24ClNO2. The molecule has 1 saturated carbocycles. The summed E-state index contributed by atoms with van der Waals surface area (Å²) in [5.74, 6) is 1.51. The van der Waals surface area contributed by atoms with Crippen molar-refractivity contribution in [1.82, 2.24) is 5.32 Å². The first-order valence-electron chi connectivity index (χ1n) is 7.56. The molecule has 1 fully saturated rings. The fraction of sp³-hybridized carbons (Fsp3) is 0.625. The second kappa shape index (κ2) is 7.75. The van der Waals surface area contributed by atoms with Crippen LogP contribution in [0.25, 0.3) is 0 Å². The van der Waals surface area contributed by atoms with Crippen LogP contribution in [-0.4, -0.2) is 19.3 Å². The fourth-order valence-electron chi connectivity index (χ4n) is 2.63. The molecule has 0 aromatic heterocycles. The Morgan fingerprint density at radius 3 is 2.30 bits per heavy atom. The van der Waals surface area contributed by atoms with E-state index in [-0.39, 0.29) is 0 Å². The van der Waals surface area contributed by atoms with Gasteiger partial charge in [-0.25, -0.2) is 0 Å². The topological polar surface area (TPSA) is 30.5 Å². The minimum absolute atomic E-state index is 0.607. The van der Waals surface area contributed by atoms with Gasteiger partial charge in [0.1, 0.15) is 0 Å². The van der Waals surface area contributed by atoms with Crippen LogP contribution in [0.1, 0.15) is 45.1 Å². The minimum atomic E-state index is 0.607. The molecule has 1 aliphatic rings. The largest absolute Gasteiger partial charge is 0.490 e. The molecule has 3 nitrogen and oxygen atoms in total. The van der Waals surface area contributed by atoms with Gasteiger partial charge in [-0.15, -0.1) is 0 Å². The van der Waals surface area contributed by atoms with Gasteiger partial charge in [0.05, 0.1) is 13.2 Å². The van der Waals surface area contributed by atoms with E-state index in [9.17, 15) is 0 Å². The van der Waals surface area contributed by atoms with Crippen molar-refractivity contribution in [2.24, 2.45) is 0 Å². The zero-order chi connectivity index (χ0) is 14.4. The molecule has 2 rings (SSSR count). The second-order valence-corrected chi connectivity index (χ2v) is 5.53. The zero-order valence-electron chi connectivity index (χ0n) is 12.4. The number of rotatable bonds is 7. The molecular weight excluding hydrogens is 274 g/mol. The van der Waals surface area contributed by atoms with E-state index in [2.05, 4.69) is 5.32 Å². The summed E-state index contributed by atoms with van der Waals surface area (Å²) in [4.78, 5) is 0. The van der Waals surface area contributed by atoms with Crippen LogP contribution < -0.4 is 14.8 Å². The second-order valence-electron chi connectivity index (χ2n) is 5.12. The highest BCUT2D eigenvalue weighted by Crippen LogP contribution is 2.34. The SMILES string of the molecule is CCOc1cc(Cl)c(CNC2CCCC2)cc1OCC. The van der Waals surface area contributed by atoms with Gasteiger partial charge in [0.15, 0.2) is 11.5 Å². The Morgan fingerprint density at radius 2 is 1.70 bits per heavy atom. The van der Waals surface area contributed by atoms with Crippen LogP contribution in [0.2, 0.25) is 5.02 Å². The molecule has 1 N–H and O–H groups in total. The lowest BCUT2D eigenvalue weighted by Crippen LogP contribution is -2.25. The van der Waals surface area contributed by atoms with Crippen molar-refractivity contribution in [2.45, 2.75) is 52.1 Å². The molecule has 0 radical (unpaired) electrons. The first-order valence-corrected chi connectivity index (χ1v) is 7.93. The van der Waals surface area contributed by atoms with E-state index in [1.165, 1.54) is 25.7 Å². The number of halogens is 1. The number of hydrogen-bond donors (Lipinski definition) is 1. The predicted molar refractivity (Wildman–Crippen MR) is 82.9 cm³/mol. The molecule has 0 spiro atoms. The predicted octanol–water partition coefficient (Wildman–Crippen LogP) is 4.17. The molecule has 1 aromatic rings. The summed E-state index contributed by atoms with van der Waals surface area (Å²) in [6.07, 6.45) is 5.21. The Morgan fingerprint density at radius 1 is 1.10 bits per heavy atom. The molecule has 0 aliphatic heterocycles. The van der Waals surface area contributed by atoms with E-state index in [1.807, 2.05) is 26.0 Å². The summed E-state index contributed by atoms with van der Waals surface area (Å²) in [6, 6.07) is 4.49. The fourth-order valence-corrected chi connectivity index (χ4v) is 2.85. The smallest absolute Gasteiger partial charge is 0.162 e. The van der Waals surface area contributed by atoms with Gasteiger partial charge in [-0.2, -0.15) is 0 Å². The van der Waals surface area contributed by atoms with Gasteiger partial charge >= 0.3 is 0 Å². The summed E-state index contributed by atoms with van der Waals surface area (Å²) in [5.41, 5.74) is 1.07. The number of nitrogens with one attached hydrogen (secondary N) is 1. The normalized spacial score (nSPS) is 15.6. The molecule has 0 bridgehead atoms. The number of hydrogen-bond acceptors (Lipinski definition) is 3. The average Bonchev–Trinajstić information content (AvgIpc) is 2.94. The summed E-state index contributed by atoms with van der Waals surface area (Å²) >= 11 is 6.35. The van der Waals surface area contributed by atoms with Crippen LogP contribution >= 0.6 is 11.6 Å². The first kappa shape index (κ1) is 15.5. The van der Waals surface area contributed by atoms with Crippen LogP contribution in [0.5, 0.6) is 11.5 Å². The Kier molecular flexibility index (Phi) is 5.99. The van der Waals surface area contributed by atoms with Crippen LogP contribution in [0, 0.1) is 0 Å². The highest BCUT2D eigenvalue weighted by atomic mass is 35.5. The maximum atomic E-state index is 6.35. The van der Waals surface area contributed by atoms with Gasteiger partial charge in [-0.3, -0.25) is 0 Å². The minimum Gasteiger partial charge on any atom is -0.490 e. The molecule has 112 valence electrons. The van der Waals surface area contributed by atoms with E-state index in [1.54, 1.807) is 0 Å². The highest BCUT2D eigenvalue weighted by molar-refractivity contribution is 6.31. The van der Waals surface area contributed by atoms with Gasteiger partial charge in [0.2, 0.25) is 0 Å². The van der Waals surface area contributed by atoms with Gasteiger partial charge in [0.25, 0.3) is 0 Å². The van der Waals surface area contributed by atoms with Gasteiger partial charge in [-0.1, -0.05) is 24.4 Å². The maximum absolute atomic E-state index is 6.35. The third-order valence-corrected chi connectivity index (χ3v) is 4.00. The molecule has 0 amide bonds. The Balaban J connectivity index is 2.08. The van der Waals surface area contributed by atoms with Crippen LogP contribution in [0.4, 0.5) is 0 Å². The third-order valence-electron chi connectivity index (χ3n) is 3.65. The van der Waals surface area contributed by atoms with Crippen molar-refractivity contribution in [1.29, 1.82) is 0 Å². The Labute approximate surface area is 126 Å². The monoisotopic (exact) mass is 297 g/mol. The van der Waals surface area contributed by atoms with E-state index in [4.69, 9.17) is 21.1 Å². The van der Waals surface area contributed by atoms with Crippen LogP contribution in [0.3, 0.4) is 0 Å². The van der Waals surface area contributed by atoms with E-state index in [0.29, 0.717) is 19.3 Å². The molecule has 0 unspecified atom stereocenters. The summed E-state index contributed by atoms with van der Waals surface area (Å²) in [6.45, 7) is 5.95. The maximum Gasteiger partial charge on any atom is 0.162 e. The van der Waals surface area contributed by atoms with Crippen molar-refractivity contribution in [3.63, 3.8) is 0 Å². The van der Waals surface area contributed by atoms with Crippen molar-refractivity contribution < 1.29 is 9.47 Å². The lowest BCUT2D eigenvalue weighted by Gasteiger charge is -2.16. The summed E-state index contributed by atoms with van der Waals surface area (Å²) in [7, 11) is 0. The van der Waals surface area contributed by atoms with Crippen molar-refractivity contribution in [3.8, 4) is 11.5 Å². The Hall–Kier alpha value is -0.930.